The molecular formula is C13H17NaO2. The Kier molecular flexibility index (Phi) is 6.31. The summed E-state index contributed by atoms with van der Waals surface area (Å²) in [5, 5.41) is 11.1. The SMILES string of the molecule is CC(C)c1cccc(C(C)C)c1C(=O)[O-].[Na+]. The minimum Gasteiger partial charge on any atom is -0.545 e. The molecule has 0 aliphatic rings. The van der Waals surface area contributed by atoms with Crippen molar-refractivity contribution in [3.63, 3.8) is 0 Å². The summed E-state index contributed by atoms with van der Waals surface area (Å²) in [4.78, 5) is 11.1. The number of carbonyl (C=O) groups is 1. The maximum Gasteiger partial charge on any atom is 1.00 e. The number of hydrogen-bond donors (Lipinski definition) is 0. The Morgan fingerprint density at radius 1 is 1.06 bits per heavy atom. The van der Waals surface area contributed by atoms with Crippen LogP contribution in [0.2, 0.25) is 0 Å². The summed E-state index contributed by atoms with van der Waals surface area (Å²) in [6.45, 7) is 7.97. The predicted octanol–water partition coefficient (Wildman–Crippen LogP) is -0.699. The van der Waals surface area contributed by atoms with Crippen LogP contribution in [0.4, 0.5) is 0 Å². The molecule has 0 N–H and O–H groups in total. The first-order chi connectivity index (χ1) is 6.95. The number of carboxylic acids is 1. The van der Waals surface area contributed by atoms with Gasteiger partial charge in [0.05, 0.1) is 5.97 Å². The Balaban J connectivity index is 0.00000225. The summed E-state index contributed by atoms with van der Waals surface area (Å²) in [6.07, 6.45) is 0. The molecule has 0 bridgehead atoms. The molecule has 0 heterocycles. The smallest absolute Gasteiger partial charge is 0.545 e. The quantitative estimate of drug-likeness (QED) is 0.642. The first-order valence-electron chi connectivity index (χ1n) is 5.29. The third-order valence-electron chi connectivity index (χ3n) is 2.58. The largest absolute Gasteiger partial charge is 1.00 e. The first-order valence-corrected chi connectivity index (χ1v) is 5.29. The van der Waals surface area contributed by atoms with E-state index in [1.165, 1.54) is 0 Å². The van der Waals surface area contributed by atoms with Gasteiger partial charge in [-0.3, -0.25) is 0 Å². The third kappa shape index (κ3) is 3.34. The number of rotatable bonds is 3. The Morgan fingerprint density at radius 2 is 1.44 bits per heavy atom. The molecule has 0 radical (unpaired) electrons. The fourth-order valence-electron chi connectivity index (χ4n) is 1.79. The molecule has 0 amide bonds. The molecule has 1 aromatic carbocycles. The van der Waals surface area contributed by atoms with Crippen LogP contribution >= 0.6 is 0 Å². The predicted molar refractivity (Wildman–Crippen MR) is 59.0 cm³/mol. The maximum atomic E-state index is 11.1. The van der Waals surface area contributed by atoms with Crippen LogP contribution in [-0.2, 0) is 0 Å². The van der Waals surface area contributed by atoms with E-state index < -0.39 is 5.97 Å². The van der Waals surface area contributed by atoms with E-state index in [1.807, 2.05) is 45.9 Å². The van der Waals surface area contributed by atoms with E-state index in [1.54, 1.807) is 0 Å². The average molecular weight is 228 g/mol. The molecule has 16 heavy (non-hydrogen) atoms. The maximum absolute atomic E-state index is 11.1. The zero-order valence-electron chi connectivity index (χ0n) is 10.7. The summed E-state index contributed by atoms with van der Waals surface area (Å²) in [7, 11) is 0. The Morgan fingerprint density at radius 3 is 1.69 bits per heavy atom. The van der Waals surface area contributed by atoms with Gasteiger partial charge in [-0.05, 0) is 23.0 Å². The number of hydrogen-bond acceptors (Lipinski definition) is 2. The zero-order chi connectivity index (χ0) is 11.6. The van der Waals surface area contributed by atoms with Gasteiger partial charge >= 0.3 is 29.6 Å². The number of carbonyl (C=O) groups excluding carboxylic acids is 1. The van der Waals surface area contributed by atoms with Crippen molar-refractivity contribution in [2.75, 3.05) is 0 Å². The van der Waals surface area contributed by atoms with E-state index in [0.717, 1.165) is 11.1 Å². The molecule has 0 unspecified atom stereocenters. The topological polar surface area (TPSA) is 40.1 Å². The standard InChI is InChI=1S/C13H18O2.Na/c1-8(2)10-6-5-7-11(9(3)4)12(10)13(14)15;/h5-9H,1-4H3,(H,14,15);/q;+1/p-1. The minimum atomic E-state index is -1.07. The van der Waals surface area contributed by atoms with Crippen molar-refractivity contribution < 1.29 is 39.5 Å². The second-order valence-corrected chi connectivity index (χ2v) is 4.41. The zero-order valence-corrected chi connectivity index (χ0v) is 12.7. The molecule has 0 fully saturated rings. The second-order valence-electron chi connectivity index (χ2n) is 4.41. The molecule has 0 spiro atoms. The minimum absolute atomic E-state index is 0. The molecule has 0 aliphatic carbocycles. The van der Waals surface area contributed by atoms with E-state index >= 15 is 0 Å². The fourth-order valence-corrected chi connectivity index (χ4v) is 1.79. The van der Waals surface area contributed by atoms with Gasteiger partial charge in [-0.25, -0.2) is 0 Å². The Hall–Kier alpha value is -0.310. The molecule has 3 heteroatoms. The summed E-state index contributed by atoms with van der Waals surface area (Å²) in [6, 6.07) is 5.64. The molecule has 0 aromatic heterocycles. The van der Waals surface area contributed by atoms with E-state index in [9.17, 15) is 9.90 Å². The molecule has 0 atom stereocenters. The molecule has 0 aliphatic heterocycles. The number of benzene rings is 1. The van der Waals surface area contributed by atoms with Crippen LogP contribution in [0.5, 0.6) is 0 Å². The van der Waals surface area contributed by atoms with Crippen LogP contribution in [0.1, 0.15) is 61.0 Å². The van der Waals surface area contributed by atoms with Crippen LogP contribution in [0.25, 0.3) is 0 Å². The van der Waals surface area contributed by atoms with E-state index in [4.69, 9.17) is 0 Å². The van der Waals surface area contributed by atoms with Crippen LogP contribution in [-0.4, -0.2) is 5.97 Å². The average Bonchev–Trinajstić information content (AvgIpc) is 2.16. The van der Waals surface area contributed by atoms with Crippen molar-refractivity contribution >= 4 is 5.97 Å². The van der Waals surface area contributed by atoms with Crippen LogP contribution in [0, 0.1) is 0 Å². The van der Waals surface area contributed by atoms with Gasteiger partial charge in [0.2, 0.25) is 0 Å². The number of aromatic carboxylic acids is 1. The van der Waals surface area contributed by atoms with Gasteiger partial charge in [-0.2, -0.15) is 0 Å². The molecule has 0 saturated carbocycles. The Labute approximate surface area is 119 Å². The molecule has 1 rings (SSSR count). The van der Waals surface area contributed by atoms with Crippen molar-refractivity contribution in [1.82, 2.24) is 0 Å². The van der Waals surface area contributed by atoms with Gasteiger partial charge in [-0.1, -0.05) is 45.9 Å². The first kappa shape index (κ1) is 15.7. The third-order valence-corrected chi connectivity index (χ3v) is 2.58. The van der Waals surface area contributed by atoms with Crippen molar-refractivity contribution in [3.05, 3.63) is 34.9 Å². The van der Waals surface area contributed by atoms with Crippen molar-refractivity contribution in [2.24, 2.45) is 0 Å². The summed E-state index contributed by atoms with van der Waals surface area (Å²) >= 11 is 0. The van der Waals surface area contributed by atoms with E-state index in [-0.39, 0.29) is 41.4 Å². The van der Waals surface area contributed by atoms with Gasteiger partial charge in [0.15, 0.2) is 0 Å². The van der Waals surface area contributed by atoms with Gasteiger partial charge in [0.25, 0.3) is 0 Å². The van der Waals surface area contributed by atoms with Crippen molar-refractivity contribution in [3.8, 4) is 0 Å². The molecule has 82 valence electrons. The normalized spacial score (nSPS) is 10.4. The fraction of sp³-hybridized carbons (Fsp3) is 0.462. The Bertz CT molecular complexity index is 344. The van der Waals surface area contributed by atoms with Crippen LogP contribution in [0.15, 0.2) is 18.2 Å². The van der Waals surface area contributed by atoms with E-state index in [2.05, 4.69) is 0 Å². The van der Waals surface area contributed by atoms with Gasteiger partial charge in [0, 0.05) is 5.56 Å². The summed E-state index contributed by atoms with van der Waals surface area (Å²) in [5.41, 5.74) is 2.10. The van der Waals surface area contributed by atoms with Gasteiger partial charge < -0.3 is 9.90 Å². The summed E-state index contributed by atoms with van der Waals surface area (Å²) < 4.78 is 0. The van der Waals surface area contributed by atoms with Crippen LogP contribution in [0.3, 0.4) is 0 Å². The molecular weight excluding hydrogens is 211 g/mol. The second kappa shape index (κ2) is 6.43. The van der Waals surface area contributed by atoms with Crippen molar-refractivity contribution in [2.45, 2.75) is 39.5 Å². The number of carboxylic acid groups (broad SMARTS) is 1. The van der Waals surface area contributed by atoms with Crippen LogP contribution < -0.4 is 34.7 Å². The monoisotopic (exact) mass is 228 g/mol. The van der Waals surface area contributed by atoms with E-state index in [0.29, 0.717) is 5.56 Å². The molecule has 2 nitrogen and oxygen atoms in total. The van der Waals surface area contributed by atoms with Gasteiger partial charge in [0.1, 0.15) is 0 Å². The molecule has 1 aromatic rings. The summed E-state index contributed by atoms with van der Waals surface area (Å²) in [5.74, 6) is -0.656. The molecule has 0 saturated heterocycles. The van der Waals surface area contributed by atoms with Gasteiger partial charge in [-0.15, -0.1) is 0 Å². The van der Waals surface area contributed by atoms with Crippen molar-refractivity contribution in [1.29, 1.82) is 0 Å².